The lowest BCUT2D eigenvalue weighted by molar-refractivity contribution is -0.140. The quantitative estimate of drug-likeness (QED) is 0.114. The van der Waals surface area contributed by atoms with E-state index in [0.29, 0.717) is 31.7 Å². The molecule has 1 fully saturated rings. The smallest absolute Gasteiger partial charge is 0.391 e. The fourth-order valence-corrected chi connectivity index (χ4v) is 4.07. The number of piperazine rings is 1. The summed E-state index contributed by atoms with van der Waals surface area (Å²) in [5, 5.41) is 19.0. The first-order valence-electron chi connectivity index (χ1n) is 13.8. The lowest BCUT2D eigenvalue weighted by atomic mass is 10.1. The summed E-state index contributed by atoms with van der Waals surface area (Å²) < 4.78 is 43.2. The lowest BCUT2D eigenvalue weighted by Gasteiger charge is -2.39. The lowest BCUT2D eigenvalue weighted by Crippen LogP contribution is -2.53. The van der Waals surface area contributed by atoms with Gasteiger partial charge in [0.15, 0.2) is 0 Å². The molecule has 1 saturated heterocycles. The molecule has 0 spiro atoms. The number of halogens is 4. The highest BCUT2D eigenvalue weighted by Crippen LogP contribution is 2.32. The number of rotatable bonds is 10. The average Bonchev–Trinajstić information content (AvgIpc) is 3.04. The van der Waals surface area contributed by atoms with Crippen molar-refractivity contribution >= 4 is 43.6 Å². The number of hydrogen-bond acceptors (Lipinski definition) is 10. The molecular weight excluding hydrogens is 619 g/mol. The topological polar surface area (TPSA) is 153 Å². The van der Waals surface area contributed by atoms with Gasteiger partial charge in [0.25, 0.3) is 0 Å². The maximum absolute atomic E-state index is 12.7. The molecule has 252 valence electrons. The predicted molar refractivity (Wildman–Crippen MR) is 168 cm³/mol. The second-order valence-electron chi connectivity index (χ2n) is 9.10. The number of nitrogens with two attached hydrogens (primary N) is 1. The first-order chi connectivity index (χ1) is 21.4. The molecule has 3 rings (SSSR count). The Morgan fingerprint density at radius 1 is 1.24 bits per heavy atom. The number of nitrogens with zero attached hydrogens (tertiary/aromatic N) is 5. The summed E-state index contributed by atoms with van der Waals surface area (Å²) in [4.78, 5) is 35.2. The van der Waals surface area contributed by atoms with Crippen molar-refractivity contribution in [1.29, 1.82) is 0 Å². The molecule has 1 aromatic rings. The van der Waals surface area contributed by atoms with Crippen LogP contribution in [0.1, 0.15) is 30.9 Å². The van der Waals surface area contributed by atoms with Crippen LogP contribution < -0.4 is 11.1 Å². The third-order valence-electron chi connectivity index (χ3n) is 6.27. The summed E-state index contributed by atoms with van der Waals surface area (Å²) in [6.45, 7) is 12.6. The predicted octanol–water partition coefficient (Wildman–Crippen LogP) is 2.66. The molecule has 2 heterocycles. The van der Waals surface area contributed by atoms with Crippen molar-refractivity contribution < 1.29 is 37.4 Å². The number of aliphatic hydroxyl groups is 1. The zero-order valence-electron chi connectivity index (χ0n) is 25.6. The second-order valence-corrected chi connectivity index (χ2v) is 9.51. The van der Waals surface area contributed by atoms with Crippen LogP contribution in [0, 0.1) is 0 Å². The zero-order chi connectivity index (χ0) is 34.3. The Bertz CT molecular complexity index is 1120. The minimum absolute atomic E-state index is 0.00225. The van der Waals surface area contributed by atoms with Gasteiger partial charge in [0.1, 0.15) is 12.9 Å². The second kappa shape index (κ2) is 23.6. The number of nitrogens with one attached hydrogen (secondary N) is 1. The first kappa shape index (κ1) is 41.2. The van der Waals surface area contributed by atoms with E-state index >= 15 is 0 Å². The van der Waals surface area contributed by atoms with E-state index < -0.39 is 18.3 Å². The van der Waals surface area contributed by atoms with Gasteiger partial charge in [0.2, 0.25) is 12.3 Å². The van der Waals surface area contributed by atoms with E-state index in [9.17, 15) is 22.8 Å². The Kier molecular flexibility index (Phi) is 21.6. The number of benzene rings is 1. The molecule has 16 heteroatoms. The van der Waals surface area contributed by atoms with Gasteiger partial charge in [-0.25, -0.2) is 10.1 Å². The van der Waals surface area contributed by atoms with Gasteiger partial charge in [0, 0.05) is 50.7 Å². The van der Waals surface area contributed by atoms with Crippen LogP contribution in [0.3, 0.4) is 0 Å². The van der Waals surface area contributed by atoms with E-state index in [1.165, 1.54) is 27.7 Å². The summed E-state index contributed by atoms with van der Waals surface area (Å²) >= 11 is 5.97. The molecule has 0 aliphatic carbocycles. The van der Waals surface area contributed by atoms with Gasteiger partial charge in [-0.15, -0.1) is 0 Å². The van der Waals surface area contributed by atoms with E-state index in [1.54, 1.807) is 7.05 Å². The molecule has 0 bridgehead atoms. The first-order valence-corrected chi connectivity index (χ1v) is 14.2. The third-order valence-corrected chi connectivity index (χ3v) is 6.62. The molecule has 2 amide bonds. The minimum atomic E-state index is -4.45. The third kappa shape index (κ3) is 16.7. The number of ether oxygens (including phenoxy) is 1. The van der Waals surface area contributed by atoms with Crippen LogP contribution in [-0.4, -0.2) is 112 Å². The highest BCUT2D eigenvalue weighted by molar-refractivity contribution is 6.31. The van der Waals surface area contributed by atoms with Crippen LogP contribution in [0.2, 0.25) is 5.02 Å². The van der Waals surface area contributed by atoms with Gasteiger partial charge in [-0.05, 0) is 48.9 Å². The van der Waals surface area contributed by atoms with E-state index in [-0.39, 0.29) is 23.9 Å². The standard InChI is InChI=1S/C15H18ClF3N4O2.C7H11NO.C6H11NO.CH3NO/c1-20-23(22-6-4-21(5-7-22)14(25)10-24)9-11-2-3-12(8-13(11)16)15(17,18)19;1-8-6-7-2-4-9-5-3-7;1-3-6(7-2)4-5-8;2-1-3/h2-3,8,24H,1,4-7,9-10H2;2H,1,3-6H2;4-5,7H,3H2,1-2H3;1H,(H2,2,3)/b;;6-4-;. The zero-order valence-corrected chi connectivity index (χ0v) is 26.4. The molecule has 0 aromatic heterocycles. The molecule has 1 aromatic carbocycles. The van der Waals surface area contributed by atoms with Crippen LogP contribution >= 0.6 is 11.6 Å². The molecule has 2 aliphatic heterocycles. The van der Waals surface area contributed by atoms with Crippen LogP contribution in [-0.2, 0) is 31.8 Å². The molecule has 2 aliphatic rings. The average molecular weight is 662 g/mol. The number of hydrazone groups is 1. The largest absolute Gasteiger partial charge is 0.416 e. The summed E-state index contributed by atoms with van der Waals surface area (Å²) in [5.74, 6) is -0.344. The molecule has 0 unspecified atom stereocenters. The number of aldehydes is 1. The van der Waals surface area contributed by atoms with Crippen LogP contribution in [0.15, 0.2) is 51.7 Å². The van der Waals surface area contributed by atoms with Gasteiger partial charge < -0.3 is 25.8 Å². The van der Waals surface area contributed by atoms with E-state index in [4.69, 9.17) is 26.2 Å². The molecule has 12 nitrogen and oxygen atoms in total. The van der Waals surface area contributed by atoms with Crippen molar-refractivity contribution in [2.75, 3.05) is 59.6 Å². The number of primary amides is 1. The van der Waals surface area contributed by atoms with Gasteiger partial charge in [-0.3, -0.25) is 19.4 Å². The van der Waals surface area contributed by atoms with E-state index in [0.717, 1.165) is 56.7 Å². The number of carbonyl (C=O) groups is 3. The number of aliphatic imine (C=N–C) groups is 1. The van der Waals surface area contributed by atoms with Gasteiger partial charge in [-0.1, -0.05) is 30.7 Å². The maximum atomic E-state index is 12.7. The number of amides is 2. The van der Waals surface area contributed by atoms with Crippen molar-refractivity contribution in [2.45, 2.75) is 32.5 Å². The molecular formula is C29H43ClF3N7O5. The van der Waals surface area contributed by atoms with Crippen molar-refractivity contribution in [3.05, 3.63) is 57.8 Å². The number of aliphatic hydroxyl groups excluding tert-OH is 1. The molecule has 4 N–H and O–H groups in total. The summed E-state index contributed by atoms with van der Waals surface area (Å²) in [6.07, 6.45) is 2.11. The van der Waals surface area contributed by atoms with Gasteiger partial charge >= 0.3 is 6.18 Å². The summed E-state index contributed by atoms with van der Waals surface area (Å²) in [7, 11) is 1.80. The summed E-state index contributed by atoms with van der Waals surface area (Å²) in [6, 6.07) is 3.17. The number of carbonyl (C=O) groups excluding carboxylic acids is 3. The Morgan fingerprint density at radius 2 is 1.89 bits per heavy atom. The normalized spacial score (nSPS) is 14.9. The Balaban J connectivity index is 0.000000786. The monoisotopic (exact) mass is 661 g/mol. The Labute approximate surface area is 267 Å². The van der Waals surface area contributed by atoms with E-state index in [1.807, 2.05) is 11.9 Å². The highest BCUT2D eigenvalue weighted by Gasteiger charge is 2.31. The fourth-order valence-electron chi connectivity index (χ4n) is 3.83. The molecule has 0 saturated carbocycles. The number of allylic oxidation sites excluding steroid dienone is 2. The SMILES string of the molecule is C=NCC1=CCOCC1.C=NN(Cc1ccc(C(F)(F)F)cc1Cl)N1CCN(C(=O)CO)CC1.CC/C(=C/C=O)NC.NC=O. The van der Waals surface area contributed by atoms with Crippen molar-refractivity contribution in [1.82, 2.24) is 20.3 Å². The Morgan fingerprint density at radius 3 is 2.29 bits per heavy atom. The van der Waals surface area contributed by atoms with E-state index in [2.05, 4.69) is 40.7 Å². The van der Waals surface area contributed by atoms with Gasteiger partial charge in [0.05, 0.1) is 31.9 Å². The molecule has 0 radical (unpaired) electrons. The van der Waals surface area contributed by atoms with Crippen molar-refractivity contribution in [2.24, 2.45) is 15.8 Å². The number of hydrazine groups is 1. The maximum Gasteiger partial charge on any atom is 0.416 e. The number of alkyl halides is 3. The van der Waals surface area contributed by atoms with Gasteiger partial charge in [-0.2, -0.15) is 18.3 Å². The number of hydrogen-bond donors (Lipinski definition) is 3. The van der Waals surface area contributed by atoms with Crippen LogP contribution in [0.4, 0.5) is 13.2 Å². The van der Waals surface area contributed by atoms with Crippen LogP contribution in [0.5, 0.6) is 0 Å². The van der Waals surface area contributed by atoms with Crippen molar-refractivity contribution in [3.8, 4) is 0 Å². The molecule has 45 heavy (non-hydrogen) atoms. The Hall–Kier alpha value is -3.79. The minimum Gasteiger partial charge on any atom is -0.391 e. The van der Waals surface area contributed by atoms with Crippen LogP contribution in [0.25, 0.3) is 0 Å². The van der Waals surface area contributed by atoms with Crippen molar-refractivity contribution in [3.63, 3.8) is 0 Å². The highest BCUT2D eigenvalue weighted by atomic mass is 35.5. The fraction of sp³-hybridized carbons (Fsp3) is 0.483. The summed E-state index contributed by atoms with van der Waals surface area (Å²) in [5.41, 5.74) is 6.17. The molecule has 0 atom stereocenters.